The number of carbonyl (C=O) groups is 3. The Hall–Kier alpha value is -2.58. The zero-order chi connectivity index (χ0) is 14.4. The van der Waals surface area contributed by atoms with Gasteiger partial charge in [-0.15, -0.1) is 0 Å². The molecule has 1 rings (SSSR count). The van der Waals surface area contributed by atoms with E-state index in [-0.39, 0.29) is 6.54 Å². The molecule has 1 atom stereocenters. The fourth-order valence-electron chi connectivity index (χ4n) is 1.36. The van der Waals surface area contributed by atoms with Gasteiger partial charge in [0.15, 0.2) is 0 Å². The maximum Gasteiger partial charge on any atom is 0.326 e. The molecule has 0 saturated heterocycles. The minimum atomic E-state index is -1.34. The minimum Gasteiger partial charge on any atom is -0.480 e. The van der Waals surface area contributed by atoms with E-state index in [1.54, 1.807) is 24.1 Å². The maximum absolute atomic E-state index is 11.5. The molecule has 19 heavy (non-hydrogen) atoms. The summed E-state index contributed by atoms with van der Waals surface area (Å²) in [6.45, 7) is 0.197. The number of nitrogens with one attached hydrogen (secondary N) is 2. The van der Waals surface area contributed by atoms with Gasteiger partial charge in [-0.25, -0.2) is 9.59 Å². The molecule has 1 aromatic heterocycles. The number of nitrogens with zero attached hydrogens (tertiary/aromatic N) is 2. The van der Waals surface area contributed by atoms with Crippen LogP contribution in [0.4, 0.5) is 4.79 Å². The lowest BCUT2D eigenvalue weighted by Crippen LogP contribution is -2.47. The number of hydrogen-bond acceptors (Lipinski definition) is 4. The third-order valence-electron chi connectivity index (χ3n) is 2.22. The number of aryl methyl sites for hydroxylation is 1. The first-order valence-corrected chi connectivity index (χ1v) is 5.41. The molecule has 5 N–H and O–H groups in total. The van der Waals surface area contributed by atoms with Crippen molar-refractivity contribution in [1.82, 2.24) is 20.4 Å². The Kier molecular flexibility index (Phi) is 4.86. The van der Waals surface area contributed by atoms with Gasteiger partial charge in [0.25, 0.3) is 0 Å². The van der Waals surface area contributed by atoms with Crippen molar-refractivity contribution in [2.45, 2.75) is 19.0 Å². The zero-order valence-corrected chi connectivity index (χ0v) is 10.3. The van der Waals surface area contributed by atoms with E-state index in [1.807, 2.05) is 0 Å². The molecule has 0 fully saturated rings. The van der Waals surface area contributed by atoms with Crippen LogP contribution in [0.25, 0.3) is 0 Å². The number of aromatic nitrogens is 2. The molecule has 9 heteroatoms. The molecule has 1 heterocycles. The number of aliphatic carboxylic acids is 1. The molecule has 0 bridgehead atoms. The Bertz CT molecular complexity index is 484. The SMILES string of the molecule is Cn1cc(CNC(=O)NC(CC(N)=O)C(=O)O)cn1. The van der Waals surface area contributed by atoms with Gasteiger partial charge in [0, 0.05) is 25.4 Å². The monoisotopic (exact) mass is 269 g/mol. The summed E-state index contributed by atoms with van der Waals surface area (Å²) >= 11 is 0. The van der Waals surface area contributed by atoms with Crippen LogP contribution in [0.3, 0.4) is 0 Å². The highest BCUT2D eigenvalue weighted by Crippen LogP contribution is 1.96. The Morgan fingerprint density at radius 3 is 2.68 bits per heavy atom. The van der Waals surface area contributed by atoms with E-state index in [4.69, 9.17) is 10.8 Å². The second kappa shape index (κ2) is 6.38. The van der Waals surface area contributed by atoms with Gasteiger partial charge >= 0.3 is 12.0 Å². The average molecular weight is 269 g/mol. The summed E-state index contributed by atoms with van der Waals surface area (Å²) in [6.07, 6.45) is 2.81. The van der Waals surface area contributed by atoms with Gasteiger partial charge in [-0.05, 0) is 0 Å². The summed E-state index contributed by atoms with van der Waals surface area (Å²) in [5, 5.41) is 17.3. The largest absolute Gasteiger partial charge is 0.480 e. The van der Waals surface area contributed by atoms with Crippen molar-refractivity contribution in [3.63, 3.8) is 0 Å². The van der Waals surface area contributed by atoms with E-state index in [2.05, 4.69) is 15.7 Å². The van der Waals surface area contributed by atoms with Crippen LogP contribution in [-0.4, -0.2) is 38.8 Å². The van der Waals surface area contributed by atoms with E-state index in [0.717, 1.165) is 5.56 Å². The average Bonchev–Trinajstić information content (AvgIpc) is 2.71. The molecular formula is C10H15N5O4. The highest BCUT2D eigenvalue weighted by molar-refractivity contribution is 5.87. The smallest absolute Gasteiger partial charge is 0.326 e. The number of carbonyl (C=O) groups excluding carboxylic acids is 2. The number of primary amides is 1. The van der Waals surface area contributed by atoms with Crippen LogP contribution >= 0.6 is 0 Å². The summed E-state index contributed by atoms with van der Waals surface area (Å²) in [5.74, 6) is -2.13. The number of amides is 3. The third kappa shape index (κ3) is 5.06. The van der Waals surface area contributed by atoms with Crippen LogP contribution in [0.5, 0.6) is 0 Å². The topological polar surface area (TPSA) is 139 Å². The van der Waals surface area contributed by atoms with Gasteiger partial charge in [0.1, 0.15) is 6.04 Å². The molecule has 9 nitrogen and oxygen atoms in total. The highest BCUT2D eigenvalue weighted by atomic mass is 16.4. The van der Waals surface area contributed by atoms with Crippen molar-refractivity contribution in [2.75, 3.05) is 0 Å². The first-order chi connectivity index (χ1) is 8.88. The van der Waals surface area contributed by atoms with Crippen molar-refractivity contribution < 1.29 is 19.5 Å². The highest BCUT2D eigenvalue weighted by Gasteiger charge is 2.21. The quantitative estimate of drug-likeness (QED) is 0.500. The molecule has 0 aliphatic carbocycles. The molecule has 1 aromatic rings. The number of rotatable bonds is 6. The Labute approximate surface area is 108 Å². The van der Waals surface area contributed by atoms with Gasteiger partial charge in [-0.3, -0.25) is 9.48 Å². The molecule has 0 aliphatic rings. The summed E-state index contributed by atoms with van der Waals surface area (Å²) < 4.78 is 1.57. The molecule has 1 unspecified atom stereocenters. The van der Waals surface area contributed by atoms with Crippen LogP contribution in [0.1, 0.15) is 12.0 Å². The summed E-state index contributed by atoms with van der Waals surface area (Å²) in [6, 6.07) is -2.04. The first-order valence-electron chi connectivity index (χ1n) is 5.41. The number of carboxylic acids is 1. The predicted octanol–water partition coefficient (Wildman–Crippen LogP) is -1.45. The van der Waals surface area contributed by atoms with Gasteiger partial charge < -0.3 is 21.5 Å². The summed E-state index contributed by atoms with van der Waals surface area (Å²) in [4.78, 5) is 32.9. The lowest BCUT2D eigenvalue weighted by Gasteiger charge is -2.13. The van der Waals surface area contributed by atoms with Gasteiger partial charge in [-0.1, -0.05) is 0 Å². The van der Waals surface area contributed by atoms with Crippen molar-refractivity contribution in [3.05, 3.63) is 18.0 Å². The second-order valence-corrected chi connectivity index (χ2v) is 3.91. The zero-order valence-electron chi connectivity index (χ0n) is 10.3. The van der Waals surface area contributed by atoms with E-state index in [0.29, 0.717) is 0 Å². The van der Waals surface area contributed by atoms with Crippen LogP contribution in [-0.2, 0) is 23.2 Å². The van der Waals surface area contributed by atoms with E-state index in [9.17, 15) is 14.4 Å². The van der Waals surface area contributed by atoms with Gasteiger partial charge in [0.2, 0.25) is 5.91 Å². The fraction of sp³-hybridized carbons (Fsp3) is 0.400. The van der Waals surface area contributed by atoms with E-state index < -0.39 is 30.4 Å². The molecular weight excluding hydrogens is 254 g/mol. The minimum absolute atomic E-state index is 0.197. The predicted molar refractivity (Wildman–Crippen MR) is 63.8 cm³/mol. The summed E-state index contributed by atoms with van der Waals surface area (Å²) in [5.41, 5.74) is 5.65. The standard InChI is InChI=1S/C10H15N5O4/c1-15-5-6(4-13-15)3-12-10(19)14-7(9(17)18)2-8(11)16/h4-5,7H,2-3H2,1H3,(H2,11,16)(H,17,18)(H2,12,14,19). The molecule has 0 aliphatic heterocycles. The third-order valence-corrected chi connectivity index (χ3v) is 2.22. The van der Waals surface area contributed by atoms with Crippen LogP contribution < -0.4 is 16.4 Å². The Morgan fingerprint density at radius 2 is 2.21 bits per heavy atom. The molecule has 104 valence electrons. The van der Waals surface area contributed by atoms with Crippen LogP contribution in [0.2, 0.25) is 0 Å². The van der Waals surface area contributed by atoms with Crippen molar-refractivity contribution in [2.24, 2.45) is 12.8 Å². The molecule has 3 amide bonds. The van der Waals surface area contributed by atoms with E-state index >= 15 is 0 Å². The van der Waals surface area contributed by atoms with Crippen LogP contribution in [0.15, 0.2) is 12.4 Å². The second-order valence-electron chi connectivity index (χ2n) is 3.91. The number of nitrogens with two attached hydrogens (primary N) is 1. The lowest BCUT2D eigenvalue weighted by atomic mass is 10.2. The number of hydrogen-bond donors (Lipinski definition) is 4. The van der Waals surface area contributed by atoms with Crippen LogP contribution in [0, 0.1) is 0 Å². The number of carboxylic acid groups (broad SMARTS) is 1. The fourth-order valence-corrected chi connectivity index (χ4v) is 1.36. The molecule has 0 radical (unpaired) electrons. The lowest BCUT2D eigenvalue weighted by molar-refractivity contribution is -0.140. The van der Waals surface area contributed by atoms with Crippen molar-refractivity contribution in [3.8, 4) is 0 Å². The number of urea groups is 1. The van der Waals surface area contributed by atoms with Crippen molar-refractivity contribution >= 4 is 17.9 Å². The Morgan fingerprint density at radius 1 is 1.53 bits per heavy atom. The van der Waals surface area contributed by atoms with Gasteiger partial charge in [-0.2, -0.15) is 5.10 Å². The summed E-state index contributed by atoms with van der Waals surface area (Å²) in [7, 11) is 1.73. The first kappa shape index (κ1) is 14.5. The molecule has 0 spiro atoms. The van der Waals surface area contributed by atoms with Gasteiger partial charge in [0.05, 0.1) is 12.6 Å². The normalized spacial score (nSPS) is 11.6. The van der Waals surface area contributed by atoms with E-state index in [1.165, 1.54) is 0 Å². The molecule has 0 aromatic carbocycles. The Balaban J connectivity index is 2.44. The maximum atomic E-state index is 11.5. The molecule has 0 saturated carbocycles. The van der Waals surface area contributed by atoms with Crippen molar-refractivity contribution in [1.29, 1.82) is 0 Å².